The van der Waals surface area contributed by atoms with Crippen molar-refractivity contribution in [1.82, 2.24) is 25.2 Å². The SMILES string of the molecule is O=C(CSc1nnc(-c2cccnc2)n1-c1ccc(Br)cc1)NN=Cc1cc(Br)ccc1O. The number of carbonyl (C=O) groups excluding carboxylic acids is 1. The smallest absolute Gasteiger partial charge is 0.250 e. The van der Waals surface area contributed by atoms with E-state index in [-0.39, 0.29) is 17.4 Å². The summed E-state index contributed by atoms with van der Waals surface area (Å²) in [5.41, 5.74) is 4.61. The molecule has 1 amide bonds. The maximum atomic E-state index is 12.3. The van der Waals surface area contributed by atoms with E-state index in [1.165, 1.54) is 24.0 Å². The molecule has 0 aliphatic rings. The van der Waals surface area contributed by atoms with E-state index in [9.17, 15) is 9.90 Å². The fraction of sp³-hybridized carbons (Fsp3) is 0.0455. The predicted molar refractivity (Wildman–Crippen MR) is 135 cm³/mol. The number of thioether (sulfide) groups is 1. The second-order valence-electron chi connectivity index (χ2n) is 6.64. The maximum absolute atomic E-state index is 12.3. The summed E-state index contributed by atoms with van der Waals surface area (Å²) in [5.74, 6) is 0.440. The zero-order valence-corrected chi connectivity index (χ0v) is 20.9. The average Bonchev–Trinajstić information content (AvgIpc) is 3.25. The van der Waals surface area contributed by atoms with Gasteiger partial charge in [0.2, 0.25) is 0 Å². The highest BCUT2D eigenvalue weighted by Gasteiger charge is 2.17. The molecule has 0 aliphatic heterocycles. The number of carbonyl (C=O) groups is 1. The van der Waals surface area contributed by atoms with Gasteiger partial charge in [0.05, 0.1) is 12.0 Å². The summed E-state index contributed by atoms with van der Waals surface area (Å²) in [5, 5.41) is 23.0. The van der Waals surface area contributed by atoms with Gasteiger partial charge in [0.1, 0.15) is 5.75 Å². The highest BCUT2D eigenvalue weighted by atomic mass is 79.9. The van der Waals surface area contributed by atoms with Crippen LogP contribution in [0.3, 0.4) is 0 Å². The first-order valence-electron chi connectivity index (χ1n) is 9.56. The fourth-order valence-corrected chi connectivity index (χ4v) is 4.22. The topological polar surface area (TPSA) is 105 Å². The summed E-state index contributed by atoms with van der Waals surface area (Å²) in [6, 6.07) is 16.4. The predicted octanol–water partition coefficient (Wildman–Crippen LogP) is 4.80. The van der Waals surface area contributed by atoms with Crippen molar-refractivity contribution in [2.24, 2.45) is 5.10 Å². The largest absolute Gasteiger partial charge is 0.507 e. The van der Waals surface area contributed by atoms with E-state index in [1.54, 1.807) is 24.5 Å². The number of halogens is 2. The van der Waals surface area contributed by atoms with E-state index < -0.39 is 0 Å². The number of nitrogens with zero attached hydrogens (tertiary/aromatic N) is 5. The number of benzene rings is 2. The minimum absolute atomic E-state index is 0.0658. The molecule has 0 saturated heterocycles. The molecule has 2 aromatic heterocycles. The van der Waals surface area contributed by atoms with Gasteiger partial charge < -0.3 is 5.11 Å². The fourth-order valence-electron chi connectivity index (χ4n) is 2.83. The molecule has 2 N–H and O–H groups in total. The van der Waals surface area contributed by atoms with Crippen LogP contribution in [0.15, 0.2) is 86.2 Å². The highest BCUT2D eigenvalue weighted by molar-refractivity contribution is 9.10. The van der Waals surface area contributed by atoms with Crippen LogP contribution in [-0.2, 0) is 4.79 Å². The summed E-state index contributed by atoms with van der Waals surface area (Å²) >= 11 is 8.02. The second kappa shape index (κ2) is 10.7. The van der Waals surface area contributed by atoms with Gasteiger partial charge in [-0.1, -0.05) is 43.6 Å². The van der Waals surface area contributed by atoms with Crippen molar-refractivity contribution in [1.29, 1.82) is 0 Å². The minimum atomic E-state index is -0.320. The van der Waals surface area contributed by atoms with Crippen LogP contribution >= 0.6 is 43.6 Å². The number of nitrogens with one attached hydrogen (secondary N) is 1. The number of phenols is 1. The molecule has 0 fully saturated rings. The van der Waals surface area contributed by atoms with Crippen molar-refractivity contribution >= 4 is 55.7 Å². The van der Waals surface area contributed by atoms with Crippen LogP contribution in [0.1, 0.15) is 5.56 Å². The summed E-state index contributed by atoms with van der Waals surface area (Å²) in [6.07, 6.45) is 4.79. The maximum Gasteiger partial charge on any atom is 0.250 e. The number of pyridine rings is 1. The molecule has 166 valence electrons. The molecular formula is C22H16Br2N6O2S. The Morgan fingerprint density at radius 3 is 2.67 bits per heavy atom. The average molecular weight is 588 g/mol. The van der Waals surface area contributed by atoms with Gasteiger partial charge in [-0.3, -0.25) is 14.3 Å². The Morgan fingerprint density at radius 1 is 1.12 bits per heavy atom. The van der Waals surface area contributed by atoms with Crippen molar-refractivity contribution in [3.05, 3.63) is 81.5 Å². The molecule has 0 spiro atoms. The number of aromatic hydroxyl groups is 1. The molecule has 0 aliphatic carbocycles. The van der Waals surface area contributed by atoms with Crippen LogP contribution in [0.5, 0.6) is 5.75 Å². The Balaban J connectivity index is 1.50. The number of aromatic nitrogens is 4. The quantitative estimate of drug-likeness (QED) is 0.183. The molecule has 4 rings (SSSR count). The standard InChI is InChI=1S/C22H16Br2N6O2S/c23-16-3-6-18(7-4-16)30-21(14-2-1-9-25-11-14)28-29-22(30)33-13-20(32)27-26-12-15-10-17(24)5-8-19(15)31/h1-12,31H,13H2,(H,27,32). The summed E-state index contributed by atoms with van der Waals surface area (Å²) in [7, 11) is 0. The highest BCUT2D eigenvalue weighted by Crippen LogP contribution is 2.28. The Labute approximate surface area is 210 Å². The Morgan fingerprint density at radius 2 is 1.91 bits per heavy atom. The molecule has 2 heterocycles. The Bertz CT molecular complexity index is 1300. The third-order valence-corrected chi connectivity index (χ3v) is 6.30. The second-order valence-corrected chi connectivity index (χ2v) is 9.42. The van der Waals surface area contributed by atoms with Crippen LogP contribution in [0.4, 0.5) is 0 Å². The zero-order chi connectivity index (χ0) is 23.2. The van der Waals surface area contributed by atoms with Gasteiger partial charge in [-0.05, 0) is 54.6 Å². The molecule has 0 atom stereocenters. The van der Waals surface area contributed by atoms with Gasteiger partial charge in [-0.2, -0.15) is 5.10 Å². The third kappa shape index (κ3) is 5.86. The lowest BCUT2D eigenvalue weighted by molar-refractivity contribution is -0.118. The first kappa shape index (κ1) is 23.1. The van der Waals surface area contributed by atoms with Crippen LogP contribution in [0, 0.1) is 0 Å². The summed E-state index contributed by atoms with van der Waals surface area (Å²) in [4.78, 5) is 16.5. The number of amides is 1. The Kier molecular flexibility index (Phi) is 7.53. The van der Waals surface area contributed by atoms with Crippen molar-refractivity contribution in [3.63, 3.8) is 0 Å². The molecule has 0 unspecified atom stereocenters. The number of rotatable bonds is 7. The molecule has 0 radical (unpaired) electrons. The minimum Gasteiger partial charge on any atom is -0.507 e. The Hall–Kier alpha value is -3.02. The van der Waals surface area contributed by atoms with Crippen LogP contribution in [0.2, 0.25) is 0 Å². The number of hydrogen-bond acceptors (Lipinski definition) is 7. The van der Waals surface area contributed by atoms with E-state index in [0.717, 1.165) is 20.2 Å². The van der Waals surface area contributed by atoms with Gasteiger partial charge >= 0.3 is 0 Å². The van der Waals surface area contributed by atoms with Gasteiger partial charge in [0.15, 0.2) is 11.0 Å². The molecule has 8 nitrogen and oxygen atoms in total. The monoisotopic (exact) mass is 586 g/mol. The van der Waals surface area contributed by atoms with Crippen LogP contribution in [-0.4, -0.2) is 42.7 Å². The number of hydrogen-bond donors (Lipinski definition) is 2. The van der Waals surface area contributed by atoms with E-state index in [1.807, 2.05) is 41.0 Å². The molecule has 33 heavy (non-hydrogen) atoms. The van der Waals surface area contributed by atoms with Crippen molar-refractivity contribution in [3.8, 4) is 22.8 Å². The van der Waals surface area contributed by atoms with E-state index >= 15 is 0 Å². The van der Waals surface area contributed by atoms with Gasteiger partial charge in [0.25, 0.3) is 5.91 Å². The van der Waals surface area contributed by atoms with Gasteiger partial charge in [-0.25, -0.2) is 5.43 Å². The molecule has 0 saturated carbocycles. The number of hydrazone groups is 1. The van der Waals surface area contributed by atoms with Crippen molar-refractivity contribution in [2.75, 3.05) is 5.75 Å². The molecule has 4 aromatic rings. The molecular weight excluding hydrogens is 572 g/mol. The normalized spacial score (nSPS) is 11.1. The van der Waals surface area contributed by atoms with E-state index in [2.05, 4.69) is 57.6 Å². The summed E-state index contributed by atoms with van der Waals surface area (Å²) in [6.45, 7) is 0. The third-order valence-electron chi connectivity index (χ3n) is 4.35. The van der Waals surface area contributed by atoms with Gasteiger partial charge in [0, 0.05) is 38.2 Å². The van der Waals surface area contributed by atoms with Crippen molar-refractivity contribution in [2.45, 2.75) is 5.16 Å². The van der Waals surface area contributed by atoms with Crippen molar-refractivity contribution < 1.29 is 9.90 Å². The number of phenolic OH excluding ortho intramolecular Hbond substituents is 1. The molecule has 2 aromatic carbocycles. The van der Waals surface area contributed by atoms with E-state index in [0.29, 0.717) is 16.5 Å². The lowest BCUT2D eigenvalue weighted by atomic mass is 10.2. The molecule has 11 heteroatoms. The van der Waals surface area contributed by atoms with Gasteiger partial charge in [-0.15, -0.1) is 10.2 Å². The molecule has 0 bridgehead atoms. The first-order valence-corrected chi connectivity index (χ1v) is 12.1. The first-order chi connectivity index (χ1) is 16.0. The zero-order valence-electron chi connectivity index (χ0n) is 16.9. The summed E-state index contributed by atoms with van der Waals surface area (Å²) < 4.78 is 3.62. The van der Waals surface area contributed by atoms with Crippen LogP contribution < -0.4 is 5.43 Å². The lowest BCUT2D eigenvalue weighted by Crippen LogP contribution is -2.20. The lowest BCUT2D eigenvalue weighted by Gasteiger charge is -2.10. The van der Waals surface area contributed by atoms with Crippen LogP contribution in [0.25, 0.3) is 17.1 Å². The van der Waals surface area contributed by atoms with E-state index in [4.69, 9.17) is 0 Å².